The average Bonchev–Trinajstić information content (AvgIpc) is 2.51. The standard InChI is InChI=1S/C20H38O4/c1-3-4-5-6-7-8-9-10-11-12-13-14-15-16-20(23)24-18(2)17-19(21)22/h18H,3-17H2,1-2H3,(H,21,22)/t18-/m1/s1. The topological polar surface area (TPSA) is 63.6 Å². The number of ether oxygens (including phenoxy) is 1. The largest absolute Gasteiger partial charge is 0.481 e. The molecule has 24 heavy (non-hydrogen) atoms. The van der Waals surface area contributed by atoms with Crippen LogP contribution in [0.1, 0.15) is 110 Å². The van der Waals surface area contributed by atoms with Crippen molar-refractivity contribution < 1.29 is 19.4 Å². The molecule has 1 N–H and O–H groups in total. The highest BCUT2D eigenvalue weighted by Gasteiger charge is 2.12. The molecular weight excluding hydrogens is 304 g/mol. The van der Waals surface area contributed by atoms with Gasteiger partial charge in [0.05, 0.1) is 6.42 Å². The number of rotatable bonds is 17. The molecule has 4 nitrogen and oxygen atoms in total. The first-order valence-corrected chi connectivity index (χ1v) is 9.97. The third-order valence-electron chi connectivity index (χ3n) is 4.28. The minimum atomic E-state index is -0.934. The van der Waals surface area contributed by atoms with E-state index in [-0.39, 0.29) is 12.4 Å². The van der Waals surface area contributed by atoms with Gasteiger partial charge < -0.3 is 9.84 Å². The Balaban J connectivity index is 3.24. The van der Waals surface area contributed by atoms with E-state index < -0.39 is 12.1 Å². The smallest absolute Gasteiger partial charge is 0.307 e. The van der Waals surface area contributed by atoms with Gasteiger partial charge in [-0.3, -0.25) is 9.59 Å². The monoisotopic (exact) mass is 342 g/mol. The normalized spacial score (nSPS) is 12.1. The Labute approximate surface area is 148 Å². The Hall–Kier alpha value is -1.06. The number of aliphatic carboxylic acids is 1. The molecule has 0 aliphatic heterocycles. The van der Waals surface area contributed by atoms with E-state index in [0.29, 0.717) is 6.42 Å². The molecule has 0 fully saturated rings. The summed E-state index contributed by atoms with van der Waals surface area (Å²) < 4.78 is 5.05. The van der Waals surface area contributed by atoms with E-state index in [1.54, 1.807) is 6.92 Å². The molecule has 0 spiro atoms. The van der Waals surface area contributed by atoms with Crippen LogP contribution < -0.4 is 0 Å². The minimum absolute atomic E-state index is 0.121. The summed E-state index contributed by atoms with van der Waals surface area (Å²) in [4.78, 5) is 22.0. The molecule has 0 saturated carbocycles. The van der Waals surface area contributed by atoms with Gasteiger partial charge in [0.2, 0.25) is 0 Å². The number of hydrogen-bond donors (Lipinski definition) is 1. The van der Waals surface area contributed by atoms with Crippen molar-refractivity contribution >= 4 is 11.9 Å². The summed E-state index contributed by atoms with van der Waals surface area (Å²) >= 11 is 0. The molecule has 0 aromatic rings. The van der Waals surface area contributed by atoms with Gasteiger partial charge in [0, 0.05) is 6.42 Å². The fraction of sp³-hybridized carbons (Fsp3) is 0.900. The maximum atomic E-state index is 11.5. The van der Waals surface area contributed by atoms with E-state index in [0.717, 1.165) is 12.8 Å². The van der Waals surface area contributed by atoms with Crippen LogP contribution in [0.2, 0.25) is 0 Å². The van der Waals surface area contributed by atoms with Crippen molar-refractivity contribution in [2.45, 2.75) is 116 Å². The van der Waals surface area contributed by atoms with Gasteiger partial charge in [-0.25, -0.2) is 0 Å². The molecule has 0 saturated heterocycles. The summed E-state index contributed by atoms with van der Waals surface area (Å²) in [6.45, 7) is 3.87. The molecule has 0 aromatic heterocycles. The van der Waals surface area contributed by atoms with Gasteiger partial charge in [-0.05, 0) is 13.3 Å². The van der Waals surface area contributed by atoms with Gasteiger partial charge in [0.25, 0.3) is 0 Å². The maximum absolute atomic E-state index is 11.5. The lowest BCUT2D eigenvalue weighted by atomic mass is 10.0. The second kappa shape index (κ2) is 16.8. The Morgan fingerprint density at radius 1 is 0.792 bits per heavy atom. The minimum Gasteiger partial charge on any atom is -0.481 e. The fourth-order valence-electron chi connectivity index (χ4n) is 2.86. The van der Waals surface area contributed by atoms with Gasteiger partial charge >= 0.3 is 11.9 Å². The zero-order chi connectivity index (χ0) is 18.0. The highest BCUT2D eigenvalue weighted by Crippen LogP contribution is 2.13. The molecule has 0 bridgehead atoms. The van der Waals surface area contributed by atoms with Crippen LogP contribution in [0.5, 0.6) is 0 Å². The molecule has 0 rings (SSSR count). The van der Waals surface area contributed by atoms with Crippen molar-refractivity contribution in [1.29, 1.82) is 0 Å². The molecule has 4 heteroatoms. The Bertz CT molecular complexity index is 315. The lowest BCUT2D eigenvalue weighted by Gasteiger charge is -2.10. The molecule has 0 radical (unpaired) electrons. The number of carbonyl (C=O) groups is 2. The highest BCUT2D eigenvalue weighted by atomic mass is 16.5. The molecule has 142 valence electrons. The van der Waals surface area contributed by atoms with Crippen molar-refractivity contribution in [3.05, 3.63) is 0 Å². The molecule has 1 atom stereocenters. The van der Waals surface area contributed by atoms with Crippen LogP contribution in [0, 0.1) is 0 Å². The summed E-state index contributed by atoms with van der Waals surface area (Å²) in [5.41, 5.74) is 0. The number of unbranched alkanes of at least 4 members (excludes halogenated alkanes) is 12. The van der Waals surface area contributed by atoms with Gasteiger partial charge in [0.15, 0.2) is 0 Å². The fourth-order valence-corrected chi connectivity index (χ4v) is 2.86. The van der Waals surface area contributed by atoms with E-state index in [2.05, 4.69) is 6.92 Å². The molecule has 0 unspecified atom stereocenters. The first-order chi connectivity index (χ1) is 11.6. The Kier molecular flexibility index (Phi) is 16.0. The average molecular weight is 343 g/mol. The first-order valence-electron chi connectivity index (χ1n) is 9.97. The van der Waals surface area contributed by atoms with E-state index in [9.17, 15) is 9.59 Å². The summed E-state index contributed by atoms with van der Waals surface area (Å²) in [5, 5.41) is 8.60. The van der Waals surface area contributed by atoms with Crippen LogP contribution >= 0.6 is 0 Å². The Morgan fingerprint density at radius 3 is 1.62 bits per heavy atom. The number of carbonyl (C=O) groups excluding carboxylic acids is 1. The summed E-state index contributed by atoms with van der Waals surface area (Å²) in [6.07, 6.45) is 16.3. The second-order valence-corrected chi connectivity index (χ2v) is 6.89. The first kappa shape index (κ1) is 22.9. The summed E-state index contributed by atoms with van der Waals surface area (Å²) in [6, 6.07) is 0. The third-order valence-corrected chi connectivity index (χ3v) is 4.28. The Morgan fingerprint density at radius 2 is 1.21 bits per heavy atom. The number of carboxylic acid groups (broad SMARTS) is 1. The van der Waals surface area contributed by atoms with Gasteiger partial charge in [-0.1, -0.05) is 84.0 Å². The molecular formula is C20H38O4. The molecule has 0 amide bonds. The van der Waals surface area contributed by atoms with Crippen LogP contribution in [0.4, 0.5) is 0 Å². The zero-order valence-electron chi connectivity index (χ0n) is 15.9. The maximum Gasteiger partial charge on any atom is 0.307 e. The van der Waals surface area contributed by atoms with Gasteiger partial charge in [-0.15, -0.1) is 0 Å². The summed E-state index contributed by atoms with van der Waals surface area (Å²) in [5.74, 6) is -1.21. The van der Waals surface area contributed by atoms with E-state index in [4.69, 9.17) is 9.84 Å². The van der Waals surface area contributed by atoms with Crippen LogP contribution in [0.25, 0.3) is 0 Å². The predicted octanol–water partition coefficient (Wildman–Crippen LogP) is 5.87. The molecule has 0 aromatic carbocycles. The molecule has 0 heterocycles. The predicted molar refractivity (Wildman–Crippen MR) is 98.1 cm³/mol. The lowest BCUT2D eigenvalue weighted by molar-refractivity contribution is -0.151. The number of esters is 1. The van der Waals surface area contributed by atoms with Crippen molar-refractivity contribution in [2.24, 2.45) is 0 Å². The summed E-state index contributed by atoms with van der Waals surface area (Å²) in [7, 11) is 0. The van der Waals surface area contributed by atoms with Crippen LogP contribution in [0.15, 0.2) is 0 Å². The van der Waals surface area contributed by atoms with E-state index in [1.165, 1.54) is 70.6 Å². The van der Waals surface area contributed by atoms with Crippen LogP contribution in [-0.4, -0.2) is 23.1 Å². The lowest BCUT2D eigenvalue weighted by Crippen LogP contribution is -2.18. The van der Waals surface area contributed by atoms with Crippen LogP contribution in [-0.2, 0) is 14.3 Å². The van der Waals surface area contributed by atoms with Gasteiger partial charge in [0.1, 0.15) is 6.10 Å². The highest BCUT2D eigenvalue weighted by molar-refractivity contribution is 5.71. The molecule has 0 aliphatic rings. The van der Waals surface area contributed by atoms with Crippen LogP contribution in [0.3, 0.4) is 0 Å². The van der Waals surface area contributed by atoms with Crippen molar-refractivity contribution in [3.8, 4) is 0 Å². The second-order valence-electron chi connectivity index (χ2n) is 6.89. The van der Waals surface area contributed by atoms with Crippen molar-refractivity contribution in [3.63, 3.8) is 0 Å². The van der Waals surface area contributed by atoms with Crippen molar-refractivity contribution in [2.75, 3.05) is 0 Å². The zero-order valence-corrected chi connectivity index (χ0v) is 15.9. The van der Waals surface area contributed by atoms with Crippen molar-refractivity contribution in [1.82, 2.24) is 0 Å². The number of hydrogen-bond acceptors (Lipinski definition) is 3. The van der Waals surface area contributed by atoms with E-state index >= 15 is 0 Å². The molecule has 0 aliphatic carbocycles. The van der Waals surface area contributed by atoms with E-state index in [1.807, 2.05) is 0 Å². The third kappa shape index (κ3) is 17.3. The van der Waals surface area contributed by atoms with Gasteiger partial charge in [-0.2, -0.15) is 0 Å². The quantitative estimate of drug-likeness (QED) is 0.265. The SMILES string of the molecule is CCCCCCCCCCCCCCCC(=O)O[C@H](C)CC(=O)O. The number of carboxylic acids is 1.